The minimum absolute atomic E-state index is 0.0333. The number of benzene rings is 2. The first-order chi connectivity index (χ1) is 24.6. The van der Waals surface area contributed by atoms with Crippen molar-refractivity contribution in [1.29, 1.82) is 0 Å². The molecule has 0 aliphatic carbocycles. The largest absolute Gasteiger partial charge is 0.494 e. The van der Waals surface area contributed by atoms with E-state index in [-0.39, 0.29) is 23.4 Å². The number of hydrogen-bond acceptors (Lipinski definition) is 6. The van der Waals surface area contributed by atoms with Gasteiger partial charge in [0.25, 0.3) is 0 Å². The van der Waals surface area contributed by atoms with Crippen molar-refractivity contribution in [2.75, 3.05) is 52.5 Å². The van der Waals surface area contributed by atoms with E-state index in [0.717, 1.165) is 114 Å². The molecule has 0 bridgehead atoms. The molecule has 2 aromatic carbocycles. The van der Waals surface area contributed by atoms with Crippen molar-refractivity contribution >= 4 is 11.6 Å². The topological polar surface area (TPSA) is 59.1 Å². The molecule has 0 amide bonds. The average Bonchev–Trinajstić information content (AvgIpc) is 3.58. The van der Waals surface area contributed by atoms with Gasteiger partial charge >= 0.3 is 0 Å². The lowest BCUT2D eigenvalue weighted by molar-refractivity contribution is 0.0848. The standard InChI is InChI=1S/C44H68N2O4/c1-3-5-17-33-49-41-25-21-37(22-26-41)43(47)39(35-45-29-13-7-8-14-30-45)19-11-12-20-40(36-46-31-15-9-10-16-32-46)44(48)38-23-27-42(28-24-38)50-34-18-6-4-2/h21-28,39-40H,3-20,29-36H2,1-2H3. The number of unbranched alkanes of at least 4 members (excludes halogenated alkanes) is 5. The normalized spacial score (nSPS) is 17.4. The third-order valence-electron chi connectivity index (χ3n) is 10.8. The van der Waals surface area contributed by atoms with Crippen LogP contribution in [0.25, 0.3) is 0 Å². The molecule has 0 saturated carbocycles. The van der Waals surface area contributed by atoms with Crippen LogP contribution in [0.5, 0.6) is 11.5 Å². The van der Waals surface area contributed by atoms with E-state index in [2.05, 4.69) is 23.6 Å². The maximum Gasteiger partial charge on any atom is 0.167 e. The molecule has 6 heteroatoms. The molecule has 278 valence electrons. The summed E-state index contributed by atoms with van der Waals surface area (Å²) in [5, 5.41) is 0. The second-order valence-corrected chi connectivity index (χ2v) is 15.0. The molecule has 0 spiro atoms. The molecule has 2 saturated heterocycles. The highest BCUT2D eigenvalue weighted by atomic mass is 16.5. The van der Waals surface area contributed by atoms with Crippen molar-refractivity contribution in [3.8, 4) is 11.5 Å². The van der Waals surface area contributed by atoms with Gasteiger partial charge in [-0.25, -0.2) is 0 Å². The quantitative estimate of drug-likeness (QED) is 0.0856. The number of carbonyl (C=O) groups is 2. The Labute approximate surface area is 304 Å². The lowest BCUT2D eigenvalue weighted by Gasteiger charge is -2.27. The molecule has 6 nitrogen and oxygen atoms in total. The molecule has 2 unspecified atom stereocenters. The SMILES string of the molecule is CCCCCOc1ccc(C(=O)C(CCCCC(CN2CCCCCC2)C(=O)c2ccc(OCCCCC)cc2)CN2CCCCCC2)cc1. The highest BCUT2D eigenvalue weighted by Crippen LogP contribution is 2.25. The van der Waals surface area contributed by atoms with E-state index in [1.165, 1.54) is 77.0 Å². The Morgan fingerprint density at radius 3 is 1.22 bits per heavy atom. The van der Waals surface area contributed by atoms with Crippen molar-refractivity contribution in [3.05, 3.63) is 59.7 Å². The van der Waals surface area contributed by atoms with Crippen molar-refractivity contribution in [3.63, 3.8) is 0 Å². The number of carbonyl (C=O) groups excluding carboxylic acids is 2. The maximum atomic E-state index is 14.0. The van der Waals surface area contributed by atoms with Crippen LogP contribution < -0.4 is 9.47 Å². The summed E-state index contributed by atoms with van der Waals surface area (Å²) in [6, 6.07) is 15.7. The number of ketones is 2. The number of hydrogen-bond donors (Lipinski definition) is 0. The Hall–Kier alpha value is -2.70. The minimum atomic E-state index is -0.0333. The van der Waals surface area contributed by atoms with Gasteiger partial charge in [-0.3, -0.25) is 9.59 Å². The predicted octanol–water partition coefficient (Wildman–Crippen LogP) is 10.4. The Kier molecular flexibility index (Phi) is 19.0. The van der Waals surface area contributed by atoms with Crippen LogP contribution in [0.1, 0.15) is 150 Å². The van der Waals surface area contributed by atoms with Gasteiger partial charge in [0, 0.05) is 36.1 Å². The van der Waals surface area contributed by atoms with Crippen molar-refractivity contribution in [2.24, 2.45) is 11.8 Å². The molecule has 2 aromatic rings. The molecular formula is C44H68N2O4. The van der Waals surface area contributed by atoms with E-state index in [0.29, 0.717) is 0 Å². The predicted molar refractivity (Wildman–Crippen MR) is 207 cm³/mol. The highest BCUT2D eigenvalue weighted by Gasteiger charge is 2.26. The fourth-order valence-corrected chi connectivity index (χ4v) is 7.64. The smallest absolute Gasteiger partial charge is 0.167 e. The molecule has 0 aromatic heterocycles. The van der Waals surface area contributed by atoms with Crippen LogP contribution >= 0.6 is 0 Å². The van der Waals surface area contributed by atoms with Gasteiger partial charge in [-0.2, -0.15) is 0 Å². The first-order valence-electron chi connectivity index (χ1n) is 20.6. The summed E-state index contributed by atoms with van der Waals surface area (Å²) >= 11 is 0. The van der Waals surface area contributed by atoms with Crippen LogP contribution in [0.3, 0.4) is 0 Å². The molecule has 2 atom stereocenters. The molecule has 2 heterocycles. The lowest BCUT2D eigenvalue weighted by atomic mass is 9.88. The summed E-state index contributed by atoms with van der Waals surface area (Å²) in [6.07, 6.45) is 20.5. The van der Waals surface area contributed by atoms with E-state index in [9.17, 15) is 9.59 Å². The monoisotopic (exact) mass is 689 g/mol. The zero-order valence-corrected chi connectivity index (χ0v) is 31.7. The van der Waals surface area contributed by atoms with Gasteiger partial charge in [0.15, 0.2) is 11.6 Å². The van der Waals surface area contributed by atoms with Gasteiger partial charge in [-0.15, -0.1) is 0 Å². The van der Waals surface area contributed by atoms with E-state index in [1.807, 2.05) is 48.5 Å². The maximum absolute atomic E-state index is 14.0. The zero-order valence-electron chi connectivity index (χ0n) is 31.7. The Balaban J connectivity index is 1.38. The molecule has 0 N–H and O–H groups in total. The molecule has 2 fully saturated rings. The molecule has 0 radical (unpaired) electrons. The van der Waals surface area contributed by atoms with Crippen LogP contribution in [-0.4, -0.2) is 73.8 Å². The van der Waals surface area contributed by atoms with Gasteiger partial charge in [0.1, 0.15) is 11.5 Å². The Morgan fingerprint density at radius 1 is 0.520 bits per heavy atom. The van der Waals surface area contributed by atoms with Crippen molar-refractivity contribution < 1.29 is 19.1 Å². The Morgan fingerprint density at radius 2 is 0.880 bits per heavy atom. The molecule has 2 aliphatic rings. The van der Waals surface area contributed by atoms with Crippen LogP contribution in [0.2, 0.25) is 0 Å². The van der Waals surface area contributed by atoms with Gasteiger partial charge in [0.2, 0.25) is 0 Å². The molecule has 50 heavy (non-hydrogen) atoms. The summed E-state index contributed by atoms with van der Waals surface area (Å²) in [5.41, 5.74) is 1.58. The van der Waals surface area contributed by atoms with Gasteiger partial charge in [-0.1, -0.05) is 78.1 Å². The highest BCUT2D eigenvalue weighted by molar-refractivity contribution is 5.98. The summed E-state index contributed by atoms with van der Waals surface area (Å²) in [7, 11) is 0. The second-order valence-electron chi connectivity index (χ2n) is 15.0. The number of ether oxygens (including phenoxy) is 2. The first-order valence-corrected chi connectivity index (χ1v) is 20.6. The van der Waals surface area contributed by atoms with E-state index >= 15 is 0 Å². The zero-order chi connectivity index (χ0) is 35.2. The van der Waals surface area contributed by atoms with E-state index < -0.39 is 0 Å². The van der Waals surface area contributed by atoms with Crippen LogP contribution in [0, 0.1) is 11.8 Å². The van der Waals surface area contributed by atoms with E-state index in [4.69, 9.17) is 9.47 Å². The van der Waals surface area contributed by atoms with Crippen molar-refractivity contribution in [1.82, 2.24) is 9.80 Å². The number of Topliss-reactive ketones (excluding diaryl/α,β-unsaturated/α-hetero) is 2. The fourth-order valence-electron chi connectivity index (χ4n) is 7.64. The fraction of sp³-hybridized carbons (Fsp3) is 0.682. The minimum Gasteiger partial charge on any atom is -0.494 e. The first kappa shape index (κ1) is 40.1. The lowest BCUT2D eigenvalue weighted by Crippen LogP contribution is -2.35. The van der Waals surface area contributed by atoms with Crippen LogP contribution in [-0.2, 0) is 0 Å². The summed E-state index contributed by atoms with van der Waals surface area (Å²) in [6.45, 7) is 11.8. The molecule has 2 aliphatic heterocycles. The molecular weight excluding hydrogens is 620 g/mol. The summed E-state index contributed by atoms with van der Waals surface area (Å²) in [5.74, 6) is 2.12. The molecule has 4 rings (SSSR count). The van der Waals surface area contributed by atoms with Gasteiger partial charge in [0.05, 0.1) is 13.2 Å². The van der Waals surface area contributed by atoms with E-state index in [1.54, 1.807) is 0 Å². The summed E-state index contributed by atoms with van der Waals surface area (Å²) in [4.78, 5) is 33.1. The number of likely N-dealkylation sites (tertiary alicyclic amines) is 2. The van der Waals surface area contributed by atoms with Gasteiger partial charge < -0.3 is 19.3 Å². The van der Waals surface area contributed by atoms with Gasteiger partial charge in [-0.05, 0) is 126 Å². The third-order valence-corrected chi connectivity index (χ3v) is 10.8. The number of rotatable bonds is 23. The summed E-state index contributed by atoms with van der Waals surface area (Å²) < 4.78 is 11.9. The number of nitrogens with zero attached hydrogens (tertiary/aromatic N) is 2. The average molecular weight is 689 g/mol. The van der Waals surface area contributed by atoms with Crippen molar-refractivity contribution in [2.45, 2.75) is 129 Å². The Bertz CT molecular complexity index is 1100. The second kappa shape index (κ2) is 23.7. The third kappa shape index (κ3) is 14.5. The van der Waals surface area contributed by atoms with Crippen LogP contribution in [0.15, 0.2) is 48.5 Å². The van der Waals surface area contributed by atoms with Crippen LogP contribution in [0.4, 0.5) is 0 Å².